The van der Waals surface area contributed by atoms with Crippen LogP contribution in [0.15, 0.2) is 54.0 Å². The number of para-hydroxylation sites is 1. The van der Waals surface area contributed by atoms with Crippen molar-refractivity contribution in [1.82, 2.24) is 4.98 Å². The summed E-state index contributed by atoms with van der Waals surface area (Å²) in [5.74, 6) is 0.253. The monoisotopic (exact) mass is 367 g/mol. The Hall–Kier alpha value is -3.19. The Kier molecular flexibility index (Phi) is 5.28. The number of anilines is 2. The van der Waals surface area contributed by atoms with Gasteiger partial charge in [0.05, 0.1) is 18.4 Å². The van der Waals surface area contributed by atoms with Crippen LogP contribution in [0.3, 0.4) is 0 Å². The van der Waals surface area contributed by atoms with Gasteiger partial charge < -0.3 is 10.1 Å². The molecule has 3 aromatic rings. The first kappa shape index (κ1) is 17.6. The summed E-state index contributed by atoms with van der Waals surface area (Å²) in [6.45, 7) is 1.89. The molecule has 0 saturated heterocycles. The van der Waals surface area contributed by atoms with Gasteiger partial charge in [-0.2, -0.15) is 0 Å². The zero-order valence-electron chi connectivity index (χ0n) is 14.3. The van der Waals surface area contributed by atoms with Crippen molar-refractivity contribution < 1.29 is 14.3 Å². The molecule has 0 aliphatic heterocycles. The Balaban J connectivity index is 1.90. The lowest BCUT2D eigenvalue weighted by molar-refractivity contribution is 0.103. The number of urea groups is 1. The van der Waals surface area contributed by atoms with Gasteiger partial charge in [-0.25, -0.2) is 9.78 Å². The van der Waals surface area contributed by atoms with Crippen molar-refractivity contribution in [2.45, 2.75) is 6.92 Å². The summed E-state index contributed by atoms with van der Waals surface area (Å²) in [6, 6.07) is 11.8. The maximum absolute atomic E-state index is 13.0. The van der Waals surface area contributed by atoms with Gasteiger partial charge in [0.2, 0.25) is 0 Å². The summed E-state index contributed by atoms with van der Waals surface area (Å²) in [5.41, 5.74) is 2.16. The second kappa shape index (κ2) is 7.79. The molecule has 132 valence electrons. The fourth-order valence-electron chi connectivity index (χ4n) is 2.47. The zero-order valence-corrected chi connectivity index (χ0v) is 15.1. The third-order valence-electron chi connectivity index (χ3n) is 3.67. The molecule has 1 aromatic heterocycles. The fraction of sp³-hybridized carbons (Fsp3) is 0.105. The molecule has 0 bridgehead atoms. The van der Waals surface area contributed by atoms with E-state index in [0.29, 0.717) is 27.7 Å². The molecule has 2 aromatic carbocycles. The molecule has 0 radical (unpaired) electrons. The Morgan fingerprint density at radius 1 is 1.08 bits per heavy atom. The number of benzene rings is 2. The van der Waals surface area contributed by atoms with E-state index in [1.54, 1.807) is 48.0 Å². The maximum Gasteiger partial charge on any atom is 0.325 e. The van der Waals surface area contributed by atoms with Crippen LogP contribution in [0.1, 0.15) is 21.5 Å². The van der Waals surface area contributed by atoms with Gasteiger partial charge >= 0.3 is 6.03 Å². The number of nitrogens with one attached hydrogen (secondary N) is 2. The van der Waals surface area contributed by atoms with Gasteiger partial charge in [-0.05, 0) is 36.8 Å². The van der Waals surface area contributed by atoms with Crippen LogP contribution in [-0.2, 0) is 0 Å². The van der Waals surface area contributed by atoms with Gasteiger partial charge in [0.15, 0.2) is 10.9 Å². The van der Waals surface area contributed by atoms with E-state index in [2.05, 4.69) is 15.6 Å². The van der Waals surface area contributed by atoms with Crippen molar-refractivity contribution in [1.29, 1.82) is 0 Å². The van der Waals surface area contributed by atoms with Crippen LogP contribution < -0.4 is 15.4 Å². The van der Waals surface area contributed by atoms with E-state index in [9.17, 15) is 9.59 Å². The molecule has 0 fully saturated rings. The number of ether oxygens (including phenoxy) is 1. The largest absolute Gasteiger partial charge is 0.496 e. The van der Waals surface area contributed by atoms with E-state index < -0.39 is 6.03 Å². The molecule has 0 aliphatic carbocycles. The number of carbonyl (C=O) groups excluding carboxylic acids is 2. The minimum atomic E-state index is -0.459. The summed E-state index contributed by atoms with van der Waals surface area (Å²) in [4.78, 5) is 29.2. The first-order chi connectivity index (χ1) is 12.6. The van der Waals surface area contributed by atoms with Gasteiger partial charge in [-0.1, -0.05) is 18.2 Å². The van der Waals surface area contributed by atoms with Crippen molar-refractivity contribution in [2.24, 2.45) is 0 Å². The zero-order chi connectivity index (χ0) is 18.5. The topological polar surface area (TPSA) is 80.3 Å². The third-order valence-corrected chi connectivity index (χ3v) is 4.36. The van der Waals surface area contributed by atoms with E-state index in [1.165, 1.54) is 18.4 Å². The lowest BCUT2D eigenvalue weighted by Crippen LogP contribution is -2.21. The molecule has 0 aliphatic rings. The fourth-order valence-corrected chi connectivity index (χ4v) is 3.00. The van der Waals surface area contributed by atoms with Crippen LogP contribution in [0, 0.1) is 6.92 Å². The minimum Gasteiger partial charge on any atom is -0.496 e. The van der Waals surface area contributed by atoms with Gasteiger partial charge in [0.25, 0.3) is 0 Å². The predicted molar refractivity (Wildman–Crippen MR) is 102 cm³/mol. The molecule has 0 unspecified atom stereocenters. The molecular weight excluding hydrogens is 350 g/mol. The second-order valence-electron chi connectivity index (χ2n) is 5.49. The molecule has 2 amide bonds. The highest BCUT2D eigenvalue weighted by Gasteiger charge is 2.19. The van der Waals surface area contributed by atoms with E-state index in [0.717, 1.165) is 5.56 Å². The Bertz CT molecular complexity index is 939. The van der Waals surface area contributed by atoms with Gasteiger partial charge in [-0.15, -0.1) is 11.3 Å². The van der Waals surface area contributed by atoms with Crippen LogP contribution >= 0.6 is 11.3 Å². The van der Waals surface area contributed by atoms with Crippen molar-refractivity contribution in [3.8, 4) is 5.75 Å². The number of methoxy groups -OCH3 is 1. The van der Waals surface area contributed by atoms with Crippen molar-refractivity contribution in [3.05, 3.63) is 70.7 Å². The summed E-state index contributed by atoms with van der Waals surface area (Å²) < 4.78 is 5.28. The predicted octanol–water partition coefficient (Wildman–Crippen LogP) is 4.34. The number of amides is 2. The maximum atomic E-state index is 13.0. The first-order valence-electron chi connectivity index (χ1n) is 7.84. The SMILES string of the molecule is COc1ccccc1C(=O)c1ccc(C)cc1NC(=O)Nc1nccs1. The highest BCUT2D eigenvalue weighted by molar-refractivity contribution is 7.13. The molecule has 0 saturated carbocycles. The summed E-state index contributed by atoms with van der Waals surface area (Å²) in [6.07, 6.45) is 1.60. The van der Waals surface area contributed by atoms with Crippen LogP contribution in [0.5, 0.6) is 5.75 Å². The normalized spacial score (nSPS) is 10.2. The molecule has 0 atom stereocenters. The number of carbonyl (C=O) groups is 2. The molecule has 1 heterocycles. The van der Waals surface area contributed by atoms with Gasteiger partial charge in [0, 0.05) is 17.1 Å². The van der Waals surface area contributed by atoms with E-state index in [1.807, 2.05) is 13.0 Å². The number of nitrogens with zero attached hydrogens (tertiary/aromatic N) is 1. The smallest absolute Gasteiger partial charge is 0.325 e. The van der Waals surface area contributed by atoms with Crippen LogP contribution in [0.2, 0.25) is 0 Å². The highest BCUT2D eigenvalue weighted by Crippen LogP contribution is 2.26. The third kappa shape index (κ3) is 3.89. The van der Waals surface area contributed by atoms with Gasteiger partial charge in [-0.3, -0.25) is 10.1 Å². The first-order valence-corrected chi connectivity index (χ1v) is 8.72. The number of hydrogen-bond acceptors (Lipinski definition) is 5. The molecule has 0 spiro atoms. The number of thiazole rings is 1. The van der Waals surface area contributed by atoms with E-state index >= 15 is 0 Å². The molecular formula is C19H17N3O3S. The Morgan fingerprint density at radius 3 is 2.62 bits per heavy atom. The van der Waals surface area contributed by atoms with Crippen molar-refractivity contribution in [2.75, 3.05) is 17.7 Å². The Morgan fingerprint density at radius 2 is 1.88 bits per heavy atom. The molecule has 2 N–H and O–H groups in total. The second-order valence-corrected chi connectivity index (χ2v) is 6.39. The van der Waals surface area contributed by atoms with E-state index in [4.69, 9.17) is 4.74 Å². The Labute approximate surface area is 154 Å². The number of aryl methyl sites for hydroxylation is 1. The highest BCUT2D eigenvalue weighted by atomic mass is 32.1. The van der Waals surface area contributed by atoms with Crippen LogP contribution in [0.4, 0.5) is 15.6 Å². The van der Waals surface area contributed by atoms with Crippen LogP contribution in [0.25, 0.3) is 0 Å². The lowest BCUT2D eigenvalue weighted by atomic mass is 9.99. The summed E-state index contributed by atoms with van der Waals surface area (Å²) in [7, 11) is 1.52. The van der Waals surface area contributed by atoms with Crippen LogP contribution in [-0.4, -0.2) is 23.9 Å². The summed E-state index contributed by atoms with van der Waals surface area (Å²) >= 11 is 1.31. The van der Waals surface area contributed by atoms with Gasteiger partial charge in [0.1, 0.15) is 5.75 Å². The molecule has 3 rings (SSSR count). The number of ketones is 1. The molecule has 26 heavy (non-hydrogen) atoms. The van der Waals surface area contributed by atoms with Crippen molar-refractivity contribution in [3.63, 3.8) is 0 Å². The average Bonchev–Trinajstić information content (AvgIpc) is 3.14. The van der Waals surface area contributed by atoms with Crippen molar-refractivity contribution >= 4 is 34.0 Å². The lowest BCUT2D eigenvalue weighted by Gasteiger charge is -2.13. The minimum absolute atomic E-state index is 0.230. The quantitative estimate of drug-likeness (QED) is 0.658. The molecule has 7 heteroatoms. The summed E-state index contributed by atoms with van der Waals surface area (Å²) in [5, 5.41) is 7.61. The average molecular weight is 367 g/mol. The number of aromatic nitrogens is 1. The number of rotatable bonds is 5. The standard InChI is InChI=1S/C19H17N3O3S/c1-12-7-8-13(17(23)14-5-3-4-6-16(14)25-2)15(11-12)21-18(24)22-19-20-9-10-26-19/h3-11H,1-2H3,(H2,20,21,22,24). The van der Waals surface area contributed by atoms with E-state index in [-0.39, 0.29) is 5.78 Å². The number of hydrogen-bond donors (Lipinski definition) is 2. The molecule has 6 nitrogen and oxygen atoms in total.